The number of aliphatic hydroxyl groups excluding tert-OH is 1. The zero-order valence-electron chi connectivity index (χ0n) is 21.8. The van der Waals surface area contributed by atoms with Crippen LogP contribution in [0.15, 0.2) is 54.7 Å². The number of ether oxygens (including phenoxy) is 2. The summed E-state index contributed by atoms with van der Waals surface area (Å²) in [4.78, 5) is 16.9. The fourth-order valence-corrected chi connectivity index (χ4v) is 5.20. The number of nitrogens with zero attached hydrogens (tertiary/aromatic N) is 1. The molecule has 7 heteroatoms. The number of carbonyl (C=O) groups excluding carboxylic acids is 1. The molecule has 1 aliphatic rings. The molecule has 0 spiro atoms. The molecule has 1 aliphatic carbocycles. The summed E-state index contributed by atoms with van der Waals surface area (Å²) < 4.78 is 11.5. The van der Waals surface area contributed by atoms with Gasteiger partial charge in [0.05, 0.1) is 37.0 Å². The predicted octanol–water partition coefficient (Wildman–Crippen LogP) is 4.93. The van der Waals surface area contributed by atoms with E-state index in [0.29, 0.717) is 29.0 Å². The molecule has 194 valence electrons. The lowest BCUT2D eigenvalue weighted by Gasteiger charge is -2.25. The van der Waals surface area contributed by atoms with Crippen molar-refractivity contribution >= 4 is 16.8 Å². The fourth-order valence-electron chi connectivity index (χ4n) is 5.20. The second-order valence-corrected chi connectivity index (χ2v) is 9.91. The number of carbonyl (C=O) groups is 1. The molecular weight excluding hydrogens is 478 g/mol. The van der Waals surface area contributed by atoms with Crippen LogP contribution in [0, 0.1) is 11.3 Å². The van der Waals surface area contributed by atoms with Gasteiger partial charge >= 0.3 is 0 Å². The van der Waals surface area contributed by atoms with Crippen LogP contribution in [0.5, 0.6) is 11.5 Å². The van der Waals surface area contributed by atoms with E-state index in [9.17, 15) is 15.2 Å². The third-order valence-electron chi connectivity index (χ3n) is 7.01. The first-order valence-electron chi connectivity index (χ1n) is 12.8. The monoisotopic (exact) mass is 509 g/mol. The number of aryl methyl sites for hydroxylation is 2. The Kier molecular flexibility index (Phi) is 7.08. The Bertz CT molecular complexity index is 1550. The largest absolute Gasteiger partial charge is 0.495 e. The smallest absolute Gasteiger partial charge is 0.255 e. The summed E-state index contributed by atoms with van der Waals surface area (Å²) >= 11 is 0. The number of para-hydroxylation sites is 1. The van der Waals surface area contributed by atoms with E-state index in [4.69, 9.17) is 9.47 Å². The van der Waals surface area contributed by atoms with Gasteiger partial charge in [-0.05, 0) is 91.3 Å². The van der Waals surface area contributed by atoms with Crippen LogP contribution in [0.4, 0.5) is 0 Å². The second-order valence-electron chi connectivity index (χ2n) is 9.91. The van der Waals surface area contributed by atoms with Gasteiger partial charge in [-0.15, -0.1) is 0 Å². The van der Waals surface area contributed by atoms with Gasteiger partial charge in [0.15, 0.2) is 0 Å². The lowest BCUT2D eigenvalue weighted by Crippen LogP contribution is -2.39. The first-order chi connectivity index (χ1) is 18.4. The molecule has 0 aliphatic heterocycles. The third-order valence-corrected chi connectivity index (χ3v) is 7.01. The molecule has 0 fully saturated rings. The highest BCUT2D eigenvalue weighted by Gasteiger charge is 2.25. The minimum absolute atomic E-state index is 0.121. The molecule has 4 aromatic rings. The quantitative estimate of drug-likeness (QED) is 0.312. The number of methoxy groups -OCH3 is 1. The first-order valence-corrected chi connectivity index (χ1v) is 12.8. The van der Waals surface area contributed by atoms with Crippen LogP contribution >= 0.6 is 0 Å². The molecule has 0 radical (unpaired) electrons. The van der Waals surface area contributed by atoms with Gasteiger partial charge < -0.3 is 24.9 Å². The maximum absolute atomic E-state index is 13.6. The van der Waals surface area contributed by atoms with Gasteiger partial charge in [0.1, 0.15) is 17.6 Å². The number of H-pyrrole nitrogens is 1. The Hall–Kier alpha value is -4.28. The topological polar surface area (TPSA) is 107 Å². The number of aromatic amines is 1. The van der Waals surface area contributed by atoms with E-state index in [-0.39, 0.29) is 18.6 Å². The van der Waals surface area contributed by atoms with Gasteiger partial charge in [-0.1, -0.05) is 18.2 Å². The molecule has 1 heterocycles. The number of rotatable bonds is 8. The Morgan fingerprint density at radius 2 is 1.82 bits per heavy atom. The number of amides is 1. The number of fused-ring (bicyclic) bond motifs is 4. The minimum Gasteiger partial charge on any atom is -0.495 e. The number of nitrogens with one attached hydrogen (secondary N) is 2. The SMILES string of the molecule is COc1cc2c(cc1C#N)-c1cc(C(=O)NC(CO)Cc3c[nH]c4ccccc34)c(OC(C)C)cc1CC2. The third kappa shape index (κ3) is 4.83. The number of nitriles is 1. The summed E-state index contributed by atoms with van der Waals surface area (Å²) in [5.74, 6) is 0.747. The van der Waals surface area contributed by atoms with Gasteiger partial charge in [-0.2, -0.15) is 5.26 Å². The maximum atomic E-state index is 13.6. The summed E-state index contributed by atoms with van der Waals surface area (Å²) in [6.07, 6.45) is 3.86. The normalized spacial score (nSPS) is 12.9. The van der Waals surface area contributed by atoms with E-state index in [1.807, 2.05) is 68.6 Å². The van der Waals surface area contributed by atoms with Gasteiger partial charge in [-0.25, -0.2) is 0 Å². The van der Waals surface area contributed by atoms with Gasteiger partial charge in [-0.3, -0.25) is 4.79 Å². The molecule has 0 bridgehead atoms. The molecule has 38 heavy (non-hydrogen) atoms. The summed E-state index contributed by atoms with van der Waals surface area (Å²) in [5, 5.41) is 23.9. The molecule has 1 aromatic heterocycles. The summed E-state index contributed by atoms with van der Waals surface area (Å²) in [5.41, 5.74) is 6.86. The van der Waals surface area contributed by atoms with Gasteiger partial charge in [0, 0.05) is 17.1 Å². The molecule has 0 saturated heterocycles. The van der Waals surface area contributed by atoms with E-state index in [1.54, 1.807) is 7.11 Å². The van der Waals surface area contributed by atoms with E-state index in [2.05, 4.69) is 16.4 Å². The summed E-state index contributed by atoms with van der Waals surface area (Å²) in [6.45, 7) is 3.65. The number of benzene rings is 3. The highest BCUT2D eigenvalue weighted by Crippen LogP contribution is 2.40. The van der Waals surface area contributed by atoms with Crippen LogP contribution in [0.2, 0.25) is 0 Å². The summed E-state index contributed by atoms with van der Waals surface area (Å²) in [6, 6.07) is 17.2. The van der Waals surface area contributed by atoms with E-state index < -0.39 is 6.04 Å². The van der Waals surface area contributed by atoms with Crippen LogP contribution in [0.1, 0.15) is 46.5 Å². The molecular formula is C31H31N3O4. The highest BCUT2D eigenvalue weighted by atomic mass is 16.5. The zero-order chi connectivity index (χ0) is 26.8. The lowest BCUT2D eigenvalue weighted by atomic mass is 9.83. The Morgan fingerprint density at radius 1 is 1.11 bits per heavy atom. The molecule has 7 nitrogen and oxygen atoms in total. The molecule has 0 saturated carbocycles. The van der Waals surface area contributed by atoms with Crippen LogP contribution in [-0.2, 0) is 19.3 Å². The molecule has 1 amide bonds. The van der Waals surface area contributed by atoms with Gasteiger partial charge in [0.25, 0.3) is 5.91 Å². The molecule has 1 atom stereocenters. The van der Waals surface area contributed by atoms with Crippen molar-refractivity contribution in [3.8, 4) is 28.7 Å². The van der Waals surface area contributed by atoms with Crippen molar-refractivity contribution in [2.75, 3.05) is 13.7 Å². The van der Waals surface area contributed by atoms with E-state index >= 15 is 0 Å². The van der Waals surface area contributed by atoms with E-state index in [1.165, 1.54) is 0 Å². The van der Waals surface area contributed by atoms with Crippen molar-refractivity contribution in [1.82, 2.24) is 10.3 Å². The fraction of sp³-hybridized carbons (Fsp3) is 0.290. The standard InChI is InChI=1S/C31H31N3O4/c1-18(2)38-30-13-20-9-8-19-12-29(37-3)21(15-32)11-25(19)26(20)14-27(30)31(36)34-23(17-35)10-22-16-33-28-7-5-4-6-24(22)28/h4-7,11-14,16,18,23,33,35H,8-10,17H2,1-3H3,(H,34,36). The van der Waals surface area contributed by atoms with Crippen LogP contribution in [-0.4, -0.2) is 41.9 Å². The van der Waals surface area contributed by atoms with Crippen molar-refractivity contribution in [2.24, 2.45) is 0 Å². The Morgan fingerprint density at radius 3 is 2.50 bits per heavy atom. The number of aliphatic hydroxyl groups is 1. The average Bonchev–Trinajstić information content (AvgIpc) is 3.33. The Labute approximate surface area is 222 Å². The number of hydrogen-bond acceptors (Lipinski definition) is 5. The maximum Gasteiger partial charge on any atom is 0.255 e. The minimum atomic E-state index is -0.480. The second kappa shape index (κ2) is 10.6. The molecule has 3 aromatic carbocycles. The van der Waals surface area contributed by atoms with Gasteiger partial charge in [0.2, 0.25) is 0 Å². The van der Waals surface area contributed by atoms with Crippen LogP contribution in [0.3, 0.4) is 0 Å². The Balaban J connectivity index is 1.50. The number of hydrogen-bond donors (Lipinski definition) is 3. The molecule has 3 N–H and O–H groups in total. The lowest BCUT2D eigenvalue weighted by molar-refractivity contribution is 0.0910. The molecule has 5 rings (SSSR count). The van der Waals surface area contributed by atoms with E-state index in [0.717, 1.165) is 51.6 Å². The number of aromatic nitrogens is 1. The average molecular weight is 510 g/mol. The van der Waals surface area contributed by atoms with Crippen molar-refractivity contribution < 1.29 is 19.4 Å². The zero-order valence-corrected chi connectivity index (χ0v) is 21.8. The first kappa shape index (κ1) is 25.4. The van der Waals surface area contributed by atoms with Crippen molar-refractivity contribution in [3.63, 3.8) is 0 Å². The van der Waals surface area contributed by atoms with Crippen LogP contribution < -0.4 is 14.8 Å². The predicted molar refractivity (Wildman–Crippen MR) is 147 cm³/mol. The van der Waals surface area contributed by atoms with Crippen molar-refractivity contribution in [2.45, 2.75) is 45.3 Å². The highest BCUT2D eigenvalue weighted by molar-refractivity contribution is 5.99. The van der Waals surface area contributed by atoms with Crippen molar-refractivity contribution in [3.05, 3.63) is 82.5 Å². The van der Waals surface area contributed by atoms with Crippen LogP contribution in [0.25, 0.3) is 22.0 Å². The molecule has 1 unspecified atom stereocenters. The summed E-state index contributed by atoms with van der Waals surface area (Å²) in [7, 11) is 1.56. The van der Waals surface area contributed by atoms with Crippen molar-refractivity contribution in [1.29, 1.82) is 5.26 Å².